The van der Waals surface area contributed by atoms with Gasteiger partial charge in [-0.1, -0.05) is 127 Å². The highest BCUT2D eigenvalue weighted by Gasteiger charge is 2.14. The Morgan fingerprint density at radius 3 is 0.889 bits per heavy atom. The number of phenols is 3. The van der Waals surface area contributed by atoms with Crippen LogP contribution < -0.4 is 30.5 Å². The Kier molecular flexibility index (Phi) is 16.8. The van der Waals surface area contributed by atoms with Gasteiger partial charge in [-0.2, -0.15) is 15.3 Å². The number of hydrogen-bond donors (Lipinski definition) is 6. The first kappa shape index (κ1) is 49.9. The summed E-state index contributed by atoms with van der Waals surface area (Å²) >= 11 is 0. The molecule has 0 aliphatic carbocycles. The maximum absolute atomic E-state index is 12.2. The van der Waals surface area contributed by atoms with Crippen LogP contribution in [0, 0.1) is 0 Å². The number of aromatic hydroxyl groups is 3. The SMILES string of the molecule is COc1ccccc1C(=O)N/N=C/c1c(O)ccc2ccccc12.COc1ccccc1C(=O)N/N=C/c1c(O)ccc2ccccc12.COc1ccccc1C(=O)N/N=C/c1c(O)ccc2ccccc12. The molecule has 360 valence electrons. The molecule has 0 spiro atoms. The highest BCUT2D eigenvalue weighted by molar-refractivity contribution is 6.06. The Morgan fingerprint density at radius 1 is 0.361 bits per heavy atom. The number of hydrogen-bond acceptors (Lipinski definition) is 12. The second-order valence-electron chi connectivity index (χ2n) is 15.4. The highest BCUT2D eigenvalue weighted by atomic mass is 16.5. The van der Waals surface area contributed by atoms with Gasteiger partial charge in [0.15, 0.2) is 0 Å². The van der Waals surface area contributed by atoms with Crippen molar-refractivity contribution in [3.63, 3.8) is 0 Å². The number of fused-ring (bicyclic) bond motifs is 3. The van der Waals surface area contributed by atoms with Crippen molar-refractivity contribution < 1.29 is 43.9 Å². The fraction of sp³-hybridized carbons (Fsp3) is 0.0526. The van der Waals surface area contributed by atoms with Gasteiger partial charge < -0.3 is 29.5 Å². The Hall–Kier alpha value is -10.0. The number of rotatable bonds is 12. The number of ether oxygens (including phenoxy) is 3. The predicted molar refractivity (Wildman–Crippen MR) is 281 cm³/mol. The molecule has 72 heavy (non-hydrogen) atoms. The van der Waals surface area contributed by atoms with E-state index in [1.165, 1.54) is 40.0 Å². The van der Waals surface area contributed by atoms with Gasteiger partial charge in [-0.05, 0) is 86.9 Å². The molecule has 0 heterocycles. The predicted octanol–water partition coefficient (Wildman–Crippen LogP) is 9.95. The fourth-order valence-corrected chi connectivity index (χ4v) is 7.40. The molecule has 9 aromatic rings. The van der Waals surface area contributed by atoms with Gasteiger partial charge >= 0.3 is 0 Å². The number of benzene rings is 9. The van der Waals surface area contributed by atoms with Crippen molar-refractivity contribution >= 4 is 68.7 Å². The summed E-state index contributed by atoms with van der Waals surface area (Å²) in [7, 11) is 4.51. The van der Waals surface area contributed by atoms with Crippen LogP contribution in [0.3, 0.4) is 0 Å². The number of carbonyl (C=O) groups is 3. The Balaban J connectivity index is 0.000000158. The van der Waals surface area contributed by atoms with Crippen LogP contribution in [0.5, 0.6) is 34.5 Å². The third-order valence-corrected chi connectivity index (χ3v) is 11.0. The van der Waals surface area contributed by atoms with E-state index in [2.05, 4.69) is 31.6 Å². The summed E-state index contributed by atoms with van der Waals surface area (Å²) in [4.78, 5) is 36.6. The van der Waals surface area contributed by atoms with Gasteiger partial charge in [-0.15, -0.1) is 0 Å². The van der Waals surface area contributed by atoms with Gasteiger partial charge in [0.1, 0.15) is 34.5 Å². The zero-order valence-electron chi connectivity index (χ0n) is 39.2. The van der Waals surface area contributed by atoms with Crippen molar-refractivity contribution in [2.75, 3.05) is 21.3 Å². The summed E-state index contributed by atoms with van der Waals surface area (Å²) in [5, 5.41) is 47.5. The molecular formula is C57H48N6O9. The first-order chi connectivity index (χ1) is 35.1. The second-order valence-corrected chi connectivity index (χ2v) is 15.4. The first-order valence-corrected chi connectivity index (χ1v) is 22.1. The van der Waals surface area contributed by atoms with Crippen LogP contribution in [0.25, 0.3) is 32.3 Å². The topological polar surface area (TPSA) is 213 Å². The van der Waals surface area contributed by atoms with Crippen molar-refractivity contribution in [2.45, 2.75) is 0 Å². The lowest BCUT2D eigenvalue weighted by Gasteiger charge is -2.07. The van der Waals surface area contributed by atoms with E-state index in [0.717, 1.165) is 32.3 Å². The van der Waals surface area contributed by atoms with Crippen LogP contribution in [0.4, 0.5) is 0 Å². The largest absolute Gasteiger partial charge is 0.507 e. The van der Waals surface area contributed by atoms with E-state index in [1.54, 1.807) is 91.0 Å². The molecule has 0 aliphatic heterocycles. The van der Waals surface area contributed by atoms with Crippen molar-refractivity contribution in [1.82, 2.24) is 16.3 Å². The van der Waals surface area contributed by atoms with Crippen molar-refractivity contribution in [1.29, 1.82) is 0 Å². The molecule has 0 saturated carbocycles. The third-order valence-electron chi connectivity index (χ3n) is 11.0. The zero-order valence-corrected chi connectivity index (χ0v) is 39.2. The van der Waals surface area contributed by atoms with Crippen molar-refractivity contribution in [3.8, 4) is 34.5 Å². The molecule has 9 aromatic carbocycles. The summed E-state index contributed by atoms with van der Waals surface area (Å²) in [6, 6.07) is 53.9. The average Bonchev–Trinajstić information content (AvgIpc) is 3.42. The van der Waals surface area contributed by atoms with Crippen LogP contribution >= 0.6 is 0 Å². The third kappa shape index (κ3) is 12.2. The molecule has 3 amide bonds. The van der Waals surface area contributed by atoms with Crippen LogP contribution in [-0.2, 0) is 0 Å². The zero-order chi connectivity index (χ0) is 50.8. The quantitative estimate of drug-likeness (QED) is 0.0507. The Bertz CT molecular complexity index is 3120. The van der Waals surface area contributed by atoms with E-state index >= 15 is 0 Å². The number of nitrogens with zero attached hydrogens (tertiary/aromatic N) is 3. The number of hydrazone groups is 3. The maximum atomic E-state index is 12.2. The first-order valence-electron chi connectivity index (χ1n) is 22.1. The lowest BCUT2D eigenvalue weighted by atomic mass is 10.0. The monoisotopic (exact) mass is 960 g/mol. The van der Waals surface area contributed by atoms with Crippen LogP contribution in [0.2, 0.25) is 0 Å². The van der Waals surface area contributed by atoms with Crippen LogP contribution in [0.15, 0.2) is 197 Å². The molecular weight excluding hydrogens is 913 g/mol. The number of carbonyl (C=O) groups excluding carboxylic acids is 3. The summed E-state index contributed by atoms with van der Waals surface area (Å²) < 4.78 is 15.5. The molecule has 0 aliphatic rings. The minimum Gasteiger partial charge on any atom is -0.507 e. The van der Waals surface area contributed by atoms with E-state index < -0.39 is 0 Å². The minimum absolute atomic E-state index is 0.101. The molecule has 0 radical (unpaired) electrons. The number of amides is 3. The fourth-order valence-electron chi connectivity index (χ4n) is 7.40. The Labute approximate surface area is 414 Å². The smallest absolute Gasteiger partial charge is 0.275 e. The molecule has 0 bridgehead atoms. The molecule has 15 nitrogen and oxygen atoms in total. The molecule has 0 aromatic heterocycles. The molecule has 0 atom stereocenters. The Morgan fingerprint density at radius 2 is 0.611 bits per heavy atom. The van der Waals surface area contributed by atoms with E-state index in [-0.39, 0.29) is 35.0 Å². The summed E-state index contributed by atoms with van der Waals surface area (Å²) in [6.45, 7) is 0. The van der Waals surface area contributed by atoms with Gasteiger partial charge in [0.2, 0.25) is 0 Å². The summed E-state index contributed by atoms with van der Waals surface area (Å²) in [5.74, 6) is 0.557. The second kappa shape index (κ2) is 24.3. The number of methoxy groups -OCH3 is 3. The van der Waals surface area contributed by atoms with Gasteiger partial charge in [-0.25, -0.2) is 16.3 Å². The molecule has 6 N–H and O–H groups in total. The maximum Gasteiger partial charge on any atom is 0.275 e. The number of nitrogens with one attached hydrogen (secondary N) is 3. The van der Waals surface area contributed by atoms with Gasteiger partial charge in [-0.3, -0.25) is 14.4 Å². The van der Waals surface area contributed by atoms with Gasteiger partial charge in [0, 0.05) is 16.7 Å². The lowest BCUT2D eigenvalue weighted by molar-refractivity contribution is 0.0944. The number of para-hydroxylation sites is 3. The van der Waals surface area contributed by atoms with Crippen molar-refractivity contribution in [2.24, 2.45) is 15.3 Å². The molecule has 0 unspecified atom stereocenters. The van der Waals surface area contributed by atoms with Gasteiger partial charge in [0.05, 0.1) is 56.7 Å². The molecule has 9 rings (SSSR count). The molecule has 0 saturated heterocycles. The van der Waals surface area contributed by atoms with E-state index in [0.29, 0.717) is 50.6 Å². The highest BCUT2D eigenvalue weighted by Crippen LogP contribution is 2.28. The minimum atomic E-state index is -0.386. The van der Waals surface area contributed by atoms with Crippen molar-refractivity contribution in [3.05, 3.63) is 215 Å². The van der Waals surface area contributed by atoms with E-state index in [4.69, 9.17) is 14.2 Å². The normalized spacial score (nSPS) is 10.9. The molecule has 15 heteroatoms. The number of phenolic OH excluding ortho intramolecular Hbond substituents is 3. The van der Waals surface area contributed by atoms with E-state index in [1.807, 2.05) is 91.0 Å². The van der Waals surface area contributed by atoms with Crippen LogP contribution in [0.1, 0.15) is 47.8 Å². The average molecular weight is 961 g/mol. The summed E-state index contributed by atoms with van der Waals surface area (Å²) in [5.41, 5.74) is 10.2. The van der Waals surface area contributed by atoms with E-state index in [9.17, 15) is 29.7 Å². The molecule has 0 fully saturated rings. The standard InChI is InChI=1S/3C19H16N2O3/c3*1-24-18-9-5-4-8-15(18)19(23)21-20-12-16-14-7-3-2-6-13(14)10-11-17(16)22/h3*2-12,22H,1H3,(H,21,23)/b3*20-12+. The lowest BCUT2D eigenvalue weighted by Crippen LogP contribution is -2.18. The summed E-state index contributed by atoms with van der Waals surface area (Å²) in [6.07, 6.45) is 4.31. The van der Waals surface area contributed by atoms with Crippen LogP contribution in [-0.4, -0.2) is 73.0 Å². The van der Waals surface area contributed by atoms with Gasteiger partial charge in [0.25, 0.3) is 17.7 Å².